The Morgan fingerprint density at radius 2 is 1.84 bits per heavy atom. The van der Waals surface area contributed by atoms with Crippen LogP contribution in [0, 0.1) is 20.8 Å². The number of furan rings is 1. The predicted octanol–water partition coefficient (Wildman–Crippen LogP) is 3.64. The minimum Gasteiger partial charge on any atom is -0.462 e. The molecule has 0 aromatic carbocycles. The van der Waals surface area contributed by atoms with Gasteiger partial charge in [0.2, 0.25) is 0 Å². The summed E-state index contributed by atoms with van der Waals surface area (Å²) in [6.45, 7) is 6.59. The van der Waals surface area contributed by atoms with Gasteiger partial charge in [-0.2, -0.15) is 5.10 Å². The first kappa shape index (κ1) is 22.3. The molecule has 3 aromatic heterocycles. The molecular weight excluding hydrogens is 422 g/mol. The van der Waals surface area contributed by atoms with Crippen LogP contribution in [0.3, 0.4) is 0 Å². The number of hydrogen-bond acceptors (Lipinski definition) is 8. The summed E-state index contributed by atoms with van der Waals surface area (Å²) in [5.41, 5.74) is 2.20. The third-order valence-electron chi connectivity index (χ3n) is 4.58. The highest BCUT2D eigenvalue weighted by molar-refractivity contribution is 7.15. The number of amides is 1. The van der Waals surface area contributed by atoms with Crippen molar-refractivity contribution >= 4 is 34.2 Å². The van der Waals surface area contributed by atoms with Crippen molar-refractivity contribution in [3.63, 3.8) is 0 Å². The van der Waals surface area contributed by atoms with Crippen LogP contribution in [0.5, 0.6) is 0 Å². The van der Waals surface area contributed by atoms with Gasteiger partial charge < -0.3 is 19.2 Å². The van der Waals surface area contributed by atoms with Gasteiger partial charge in [-0.1, -0.05) is 0 Å². The summed E-state index contributed by atoms with van der Waals surface area (Å²) < 4.78 is 17.5. The molecule has 0 atom stereocenters. The van der Waals surface area contributed by atoms with E-state index in [-0.39, 0.29) is 17.2 Å². The van der Waals surface area contributed by atoms with E-state index >= 15 is 0 Å². The molecule has 0 radical (unpaired) electrons. The largest absolute Gasteiger partial charge is 0.462 e. The fraction of sp³-hybridized carbons (Fsp3) is 0.333. The lowest BCUT2D eigenvalue weighted by Gasteiger charge is -2.08. The first-order valence-corrected chi connectivity index (χ1v) is 10.4. The Kier molecular flexibility index (Phi) is 6.59. The minimum absolute atomic E-state index is 0.181. The van der Waals surface area contributed by atoms with E-state index in [2.05, 4.69) is 10.4 Å². The molecule has 0 aliphatic carbocycles. The fourth-order valence-corrected chi connectivity index (χ4v) is 4.01. The molecule has 3 heterocycles. The van der Waals surface area contributed by atoms with E-state index < -0.39 is 24.5 Å². The van der Waals surface area contributed by atoms with E-state index in [1.165, 1.54) is 0 Å². The molecule has 0 fully saturated rings. The number of carbonyl (C=O) groups excluding carboxylic acids is 3. The number of nitrogens with zero attached hydrogens (tertiary/aromatic N) is 2. The molecule has 0 saturated carbocycles. The van der Waals surface area contributed by atoms with Gasteiger partial charge in [0.25, 0.3) is 5.91 Å². The van der Waals surface area contributed by atoms with E-state index in [9.17, 15) is 14.4 Å². The first-order valence-electron chi connectivity index (χ1n) is 9.55. The lowest BCUT2D eigenvalue weighted by Crippen LogP contribution is -2.22. The molecule has 10 heteroatoms. The van der Waals surface area contributed by atoms with Gasteiger partial charge in [-0.15, -0.1) is 11.3 Å². The van der Waals surface area contributed by atoms with Gasteiger partial charge in [-0.25, -0.2) is 9.59 Å². The maximum atomic E-state index is 12.5. The van der Waals surface area contributed by atoms with E-state index in [4.69, 9.17) is 13.9 Å². The van der Waals surface area contributed by atoms with Crippen LogP contribution in [-0.4, -0.2) is 40.8 Å². The zero-order valence-corrected chi connectivity index (χ0v) is 18.7. The second kappa shape index (κ2) is 9.17. The molecule has 0 unspecified atom stereocenters. The van der Waals surface area contributed by atoms with E-state index in [1.54, 1.807) is 56.9 Å². The quantitative estimate of drug-likeness (QED) is 0.553. The molecule has 0 spiro atoms. The average Bonchev–Trinajstić information content (AvgIpc) is 3.38. The average molecular weight is 445 g/mol. The fourth-order valence-electron chi connectivity index (χ4n) is 3.05. The number of anilines is 1. The second-order valence-corrected chi connectivity index (χ2v) is 7.66. The second-order valence-electron chi connectivity index (χ2n) is 6.78. The molecule has 164 valence electrons. The van der Waals surface area contributed by atoms with Crippen LogP contribution in [-0.2, 0) is 21.3 Å². The van der Waals surface area contributed by atoms with Crippen molar-refractivity contribution in [1.29, 1.82) is 0 Å². The Bertz CT molecular complexity index is 1140. The van der Waals surface area contributed by atoms with Crippen molar-refractivity contribution in [2.75, 3.05) is 18.5 Å². The maximum absolute atomic E-state index is 12.5. The van der Waals surface area contributed by atoms with Crippen molar-refractivity contribution in [1.82, 2.24) is 9.78 Å². The number of aryl methyl sites for hydroxylation is 3. The van der Waals surface area contributed by atoms with E-state index in [0.29, 0.717) is 34.0 Å². The Morgan fingerprint density at radius 3 is 2.42 bits per heavy atom. The molecule has 1 N–H and O–H groups in total. The molecule has 0 aliphatic heterocycles. The topological polar surface area (TPSA) is 113 Å². The summed E-state index contributed by atoms with van der Waals surface area (Å²) in [6, 6.07) is 3.52. The van der Waals surface area contributed by atoms with Gasteiger partial charge in [0.15, 0.2) is 6.61 Å². The van der Waals surface area contributed by atoms with Crippen LogP contribution < -0.4 is 5.32 Å². The molecule has 3 aromatic rings. The van der Waals surface area contributed by atoms with Crippen LogP contribution in [0.2, 0.25) is 0 Å². The standard InChI is InChI=1S/C21H23N3O6S/c1-6-28-21(27)18-14(15-8-7-11(2)30-15)10-31-19(18)22-16(25)9-29-20(26)17-12(3)23-24(5)13(17)4/h7-8,10H,6,9H2,1-5H3,(H,22,25). The predicted molar refractivity (Wildman–Crippen MR) is 114 cm³/mol. The summed E-state index contributed by atoms with van der Waals surface area (Å²) in [4.78, 5) is 37.3. The number of nitrogens with one attached hydrogen (secondary N) is 1. The smallest absolute Gasteiger partial charge is 0.342 e. The summed E-state index contributed by atoms with van der Waals surface area (Å²) >= 11 is 1.16. The molecule has 0 bridgehead atoms. The lowest BCUT2D eigenvalue weighted by atomic mass is 10.1. The minimum atomic E-state index is -0.637. The molecule has 31 heavy (non-hydrogen) atoms. The highest BCUT2D eigenvalue weighted by atomic mass is 32.1. The van der Waals surface area contributed by atoms with Crippen LogP contribution in [0.15, 0.2) is 21.9 Å². The molecule has 3 rings (SSSR count). The van der Waals surface area contributed by atoms with Gasteiger partial charge in [0.1, 0.15) is 27.6 Å². The van der Waals surface area contributed by atoms with E-state index in [1.807, 2.05) is 0 Å². The molecule has 1 amide bonds. The number of esters is 2. The number of aromatic nitrogens is 2. The van der Waals surface area contributed by atoms with E-state index in [0.717, 1.165) is 11.3 Å². The van der Waals surface area contributed by atoms with Gasteiger partial charge in [0.05, 0.1) is 12.3 Å². The maximum Gasteiger partial charge on any atom is 0.342 e. The number of ether oxygens (including phenoxy) is 2. The Balaban J connectivity index is 1.75. The third kappa shape index (κ3) is 4.69. The first-order chi connectivity index (χ1) is 14.7. The highest BCUT2D eigenvalue weighted by Crippen LogP contribution is 2.37. The number of hydrogen-bond donors (Lipinski definition) is 1. The van der Waals surface area contributed by atoms with Crippen LogP contribution in [0.4, 0.5) is 5.00 Å². The van der Waals surface area contributed by atoms with Crippen molar-refractivity contribution in [3.8, 4) is 11.3 Å². The van der Waals surface area contributed by atoms with Crippen molar-refractivity contribution in [2.45, 2.75) is 27.7 Å². The monoisotopic (exact) mass is 445 g/mol. The zero-order valence-electron chi connectivity index (χ0n) is 17.9. The normalized spacial score (nSPS) is 10.7. The molecule has 0 aliphatic rings. The van der Waals surface area contributed by atoms with Crippen LogP contribution in [0.25, 0.3) is 11.3 Å². The summed E-state index contributed by atoms with van der Waals surface area (Å²) in [5.74, 6) is -0.619. The molecule has 0 saturated heterocycles. The number of rotatable bonds is 7. The van der Waals surface area contributed by atoms with Crippen LogP contribution >= 0.6 is 11.3 Å². The van der Waals surface area contributed by atoms with Gasteiger partial charge in [0, 0.05) is 23.7 Å². The number of thiophene rings is 1. The summed E-state index contributed by atoms with van der Waals surface area (Å²) in [7, 11) is 1.72. The third-order valence-corrected chi connectivity index (χ3v) is 5.47. The zero-order chi connectivity index (χ0) is 22.7. The van der Waals surface area contributed by atoms with Gasteiger partial charge in [-0.3, -0.25) is 9.48 Å². The summed E-state index contributed by atoms with van der Waals surface area (Å²) in [6.07, 6.45) is 0. The summed E-state index contributed by atoms with van der Waals surface area (Å²) in [5, 5.41) is 8.78. The molecular formula is C21H23N3O6S. The Morgan fingerprint density at radius 1 is 1.13 bits per heavy atom. The Hall–Kier alpha value is -3.40. The Labute approximate surface area is 182 Å². The van der Waals surface area contributed by atoms with Crippen LogP contribution in [0.1, 0.15) is 44.8 Å². The SMILES string of the molecule is CCOC(=O)c1c(-c2ccc(C)o2)csc1NC(=O)COC(=O)c1c(C)nn(C)c1C. The highest BCUT2D eigenvalue weighted by Gasteiger charge is 2.25. The van der Waals surface area contributed by atoms with Gasteiger partial charge in [-0.05, 0) is 39.8 Å². The van der Waals surface area contributed by atoms with Crippen molar-refractivity contribution < 1.29 is 28.3 Å². The van der Waals surface area contributed by atoms with Crippen molar-refractivity contribution in [3.05, 3.63) is 45.8 Å². The number of carbonyl (C=O) groups is 3. The lowest BCUT2D eigenvalue weighted by molar-refractivity contribution is -0.119. The van der Waals surface area contributed by atoms with Crippen molar-refractivity contribution in [2.24, 2.45) is 7.05 Å². The molecule has 9 nitrogen and oxygen atoms in total. The van der Waals surface area contributed by atoms with Gasteiger partial charge >= 0.3 is 11.9 Å².